The molecule has 0 N–H and O–H groups in total. The molecule has 0 aromatic heterocycles. The normalized spacial score (nSPS) is 16.6. The van der Waals surface area contributed by atoms with Crippen LogP contribution in [0.4, 0.5) is 0 Å². The fourth-order valence-electron chi connectivity index (χ4n) is 1.04. The maximum Gasteiger partial charge on any atom is 0.145 e. The van der Waals surface area contributed by atoms with Crippen molar-refractivity contribution in [1.82, 2.24) is 0 Å². The van der Waals surface area contributed by atoms with Gasteiger partial charge in [0.2, 0.25) is 0 Å². The molecule has 0 heterocycles. The van der Waals surface area contributed by atoms with Gasteiger partial charge >= 0.3 is 0 Å². The lowest BCUT2D eigenvalue weighted by molar-refractivity contribution is 0.110. The van der Waals surface area contributed by atoms with Gasteiger partial charge in [0.15, 0.2) is 0 Å². The first-order valence-corrected chi connectivity index (χ1v) is 6.06. The topological polar surface area (TPSA) is 68.1 Å². The van der Waals surface area contributed by atoms with E-state index in [1.54, 1.807) is 19.3 Å². The van der Waals surface area contributed by atoms with Crippen molar-refractivity contribution in [2.45, 2.75) is 25.2 Å². The zero-order valence-corrected chi connectivity index (χ0v) is 10.7. The Morgan fingerprint density at radius 2 is 2.19 bits per heavy atom. The summed E-state index contributed by atoms with van der Waals surface area (Å²) in [5.41, 5.74) is 0.851. The van der Waals surface area contributed by atoms with E-state index in [1.807, 2.05) is 6.92 Å². The van der Waals surface area contributed by atoms with Crippen LogP contribution in [0.5, 0.6) is 0 Å². The molecule has 2 unspecified atom stereocenters. The zero-order valence-electron chi connectivity index (χ0n) is 9.79. The summed E-state index contributed by atoms with van der Waals surface area (Å²) in [6.45, 7) is 7.06. The van der Waals surface area contributed by atoms with Gasteiger partial charge in [-0.25, -0.2) is 8.42 Å². The van der Waals surface area contributed by atoms with Gasteiger partial charge in [0.05, 0.1) is 17.9 Å². The SMILES string of the molecule is C=N/C=C(C)\C=N/CC(OC)C(C)[SH](=O)=O. The molecular weight excluding hydrogens is 228 g/mol. The summed E-state index contributed by atoms with van der Waals surface area (Å²) in [4.78, 5) is 7.68. The van der Waals surface area contributed by atoms with Crippen molar-refractivity contribution in [1.29, 1.82) is 0 Å². The molecule has 0 radical (unpaired) electrons. The number of thiol groups is 1. The zero-order chi connectivity index (χ0) is 12.6. The molecule has 0 aromatic carbocycles. The molecule has 0 aliphatic rings. The van der Waals surface area contributed by atoms with Gasteiger partial charge in [-0.1, -0.05) is 0 Å². The highest BCUT2D eigenvalue weighted by Crippen LogP contribution is 2.02. The van der Waals surface area contributed by atoms with E-state index < -0.39 is 22.1 Å². The van der Waals surface area contributed by atoms with Crippen LogP contribution in [0.15, 0.2) is 21.8 Å². The Morgan fingerprint density at radius 3 is 2.62 bits per heavy atom. The highest BCUT2D eigenvalue weighted by molar-refractivity contribution is 7.73. The van der Waals surface area contributed by atoms with Crippen molar-refractivity contribution in [2.24, 2.45) is 9.98 Å². The molecule has 0 spiro atoms. The second-order valence-electron chi connectivity index (χ2n) is 3.35. The van der Waals surface area contributed by atoms with Crippen LogP contribution in [0.1, 0.15) is 13.8 Å². The van der Waals surface area contributed by atoms with Crippen LogP contribution in [-0.2, 0) is 15.4 Å². The number of ether oxygens (including phenoxy) is 1. The number of nitrogens with zero attached hydrogens (tertiary/aromatic N) is 2. The Hall–Kier alpha value is -1.01. The van der Waals surface area contributed by atoms with Crippen molar-refractivity contribution in [2.75, 3.05) is 13.7 Å². The highest BCUT2D eigenvalue weighted by atomic mass is 32.2. The monoisotopic (exact) mass is 246 g/mol. The lowest BCUT2D eigenvalue weighted by atomic mass is 10.2. The average Bonchev–Trinajstić information content (AvgIpc) is 2.23. The molecule has 2 atom stereocenters. The van der Waals surface area contributed by atoms with Gasteiger partial charge in [0, 0.05) is 19.5 Å². The van der Waals surface area contributed by atoms with Gasteiger partial charge in [-0.3, -0.25) is 9.98 Å². The molecular formula is C10H18N2O3S. The molecule has 0 rings (SSSR count). The van der Waals surface area contributed by atoms with Crippen LogP contribution >= 0.6 is 0 Å². The summed E-state index contributed by atoms with van der Waals surface area (Å²) in [6, 6.07) is 0. The fraction of sp³-hybridized carbons (Fsp3) is 0.600. The molecule has 0 saturated carbocycles. The Labute approximate surface area is 97.9 Å². The molecule has 0 saturated heterocycles. The van der Waals surface area contributed by atoms with E-state index >= 15 is 0 Å². The van der Waals surface area contributed by atoms with Crippen LogP contribution in [0, 0.1) is 0 Å². The smallest absolute Gasteiger partial charge is 0.145 e. The van der Waals surface area contributed by atoms with Crippen molar-refractivity contribution in [3.63, 3.8) is 0 Å². The largest absolute Gasteiger partial charge is 0.378 e. The van der Waals surface area contributed by atoms with Gasteiger partial charge < -0.3 is 4.74 Å². The maximum absolute atomic E-state index is 10.8. The van der Waals surface area contributed by atoms with Crippen molar-refractivity contribution in [3.05, 3.63) is 11.8 Å². The Kier molecular flexibility index (Phi) is 7.66. The molecule has 16 heavy (non-hydrogen) atoms. The predicted octanol–water partition coefficient (Wildman–Crippen LogP) is 0.677. The van der Waals surface area contributed by atoms with E-state index in [2.05, 4.69) is 16.7 Å². The van der Waals surface area contributed by atoms with Crippen LogP contribution in [0.25, 0.3) is 0 Å². The van der Waals surface area contributed by atoms with E-state index in [-0.39, 0.29) is 0 Å². The van der Waals surface area contributed by atoms with E-state index in [4.69, 9.17) is 4.74 Å². The number of rotatable bonds is 7. The lowest BCUT2D eigenvalue weighted by Gasteiger charge is -2.15. The molecule has 5 nitrogen and oxygen atoms in total. The second kappa shape index (κ2) is 8.18. The standard InChI is InChI=1S/C10H18N2O3S/c1-8(5-11-3)6-12-7-10(15-4)9(2)16(13)14/h5-6,9-10,16H,3,7H2,1-2,4H3/b8-5-,12-6-. The molecule has 0 fully saturated rings. The van der Waals surface area contributed by atoms with E-state index in [0.717, 1.165) is 5.57 Å². The highest BCUT2D eigenvalue weighted by Gasteiger charge is 2.18. The van der Waals surface area contributed by atoms with Gasteiger partial charge in [0.1, 0.15) is 10.7 Å². The Morgan fingerprint density at radius 1 is 1.56 bits per heavy atom. The van der Waals surface area contributed by atoms with Crippen molar-refractivity contribution in [3.8, 4) is 0 Å². The summed E-state index contributed by atoms with van der Waals surface area (Å²) in [6.07, 6.45) is 2.77. The molecule has 92 valence electrons. The van der Waals surface area contributed by atoms with E-state index in [9.17, 15) is 8.42 Å². The maximum atomic E-state index is 10.8. The summed E-state index contributed by atoms with van der Waals surface area (Å²) in [7, 11) is -1.01. The van der Waals surface area contributed by atoms with E-state index in [1.165, 1.54) is 7.11 Å². The third kappa shape index (κ3) is 5.77. The number of hydrogen-bond donors (Lipinski definition) is 1. The first kappa shape index (κ1) is 15.0. The first-order chi connectivity index (χ1) is 7.52. The van der Waals surface area contributed by atoms with Crippen molar-refractivity contribution < 1.29 is 13.2 Å². The minimum Gasteiger partial charge on any atom is -0.378 e. The van der Waals surface area contributed by atoms with Gasteiger partial charge in [0.25, 0.3) is 0 Å². The van der Waals surface area contributed by atoms with Crippen LogP contribution in [0.2, 0.25) is 0 Å². The van der Waals surface area contributed by atoms with Gasteiger partial charge in [-0.05, 0) is 26.1 Å². The number of methoxy groups -OCH3 is 1. The number of allylic oxidation sites excluding steroid dienone is 1. The van der Waals surface area contributed by atoms with Crippen LogP contribution in [0.3, 0.4) is 0 Å². The first-order valence-electron chi connectivity index (χ1n) is 4.81. The summed E-state index contributed by atoms with van der Waals surface area (Å²) >= 11 is 0. The molecule has 6 heteroatoms. The molecule has 0 amide bonds. The van der Waals surface area contributed by atoms with E-state index in [0.29, 0.717) is 6.54 Å². The molecule has 0 aliphatic carbocycles. The minimum atomic E-state index is -2.49. The number of hydrogen-bond acceptors (Lipinski definition) is 5. The second-order valence-corrected chi connectivity index (χ2v) is 4.74. The quantitative estimate of drug-likeness (QED) is 0.530. The third-order valence-electron chi connectivity index (χ3n) is 2.05. The summed E-state index contributed by atoms with van der Waals surface area (Å²) < 4.78 is 26.6. The van der Waals surface area contributed by atoms with Crippen molar-refractivity contribution >= 4 is 23.6 Å². The van der Waals surface area contributed by atoms with Crippen LogP contribution in [-0.4, -0.2) is 46.4 Å². The van der Waals surface area contributed by atoms with Gasteiger partial charge in [-0.2, -0.15) is 0 Å². The van der Waals surface area contributed by atoms with Crippen LogP contribution < -0.4 is 0 Å². The summed E-state index contributed by atoms with van der Waals surface area (Å²) in [5, 5.41) is -0.543. The predicted molar refractivity (Wildman–Crippen MR) is 67.2 cm³/mol. The number of aliphatic imine (C=N–C) groups is 2. The Bertz CT molecular complexity index is 340. The Balaban J connectivity index is 4.35. The molecule has 0 bridgehead atoms. The molecule has 0 aliphatic heterocycles. The molecule has 0 aromatic rings. The third-order valence-corrected chi connectivity index (χ3v) is 3.05. The minimum absolute atomic E-state index is 0.309. The fourth-order valence-corrected chi connectivity index (χ4v) is 1.53. The van der Waals surface area contributed by atoms with Gasteiger partial charge in [-0.15, -0.1) is 0 Å². The lowest BCUT2D eigenvalue weighted by Crippen LogP contribution is -2.29. The average molecular weight is 246 g/mol. The summed E-state index contributed by atoms with van der Waals surface area (Å²) in [5.74, 6) is 0.